The molecule has 0 unspecified atom stereocenters. The predicted octanol–water partition coefficient (Wildman–Crippen LogP) is 2.86. The van der Waals surface area contributed by atoms with Gasteiger partial charge in [-0.05, 0) is 31.4 Å². The van der Waals surface area contributed by atoms with Crippen LogP contribution in [0, 0.1) is 5.92 Å². The fourth-order valence-corrected chi connectivity index (χ4v) is 5.79. The third-order valence-electron chi connectivity index (χ3n) is 6.20. The summed E-state index contributed by atoms with van der Waals surface area (Å²) < 4.78 is 13.3. The number of carbonyl (C=O) groups is 2. The number of aromatic nitrogens is 1. The van der Waals surface area contributed by atoms with Crippen LogP contribution in [0.15, 0.2) is 35.1 Å². The van der Waals surface area contributed by atoms with Gasteiger partial charge in [0.2, 0.25) is 12.7 Å². The van der Waals surface area contributed by atoms with Crippen molar-refractivity contribution >= 4 is 45.7 Å². The molecule has 0 radical (unpaired) electrons. The van der Waals surface area contributed by atoms with E-state index in [-0.39, 0.29) is 35.7 Å². The number of rotatable bonds is 4. The highest BCUT2D eigenvalue weighted by atomic mass is 32.2. The lowest BCUT2D eigenvalue weighted by Gasteiger charge is -2.43. The fraction of sp³-hybridized carbons (Fsp3) is 0.391. The van der Waals surface area contributed by atoms with E-state index in [1.54, 1.807) is 18.2 Å². The van der Waals surface area contributed by atoms with Crippen molar-refractivity contribution in [1.29, 1.82) is 0 Å². The van der Waals surface area contributed by atoms with Gasteiger partial charge in [-0.2, -0.15) is 0 Å². The van der Waals surface area contributed by atoms with E-state index in [0.717, 1.165) is 25.2 Å². The molecule has 1 amide bonds. The minimum Gasteiger partial charge on any atom is -0.453 e. The van der Waals surface area contributed by atoms with Crippen LogP contribution in [0.4, 0.5) is 5.69 Å². The van der Waals surface area contributed by atoms with E-state index in [1.165, 1.54) is 18.7 Å². The van der Waals surface area contributed by atoms with Crippen LogP contribution in [-0.4, -0.2) is 51.1 Å². The van der Waals surface area contributed by atoms with Crippen LogP contribution >= 0.6 is 24.0 Å². The highest BCUT2D eigenvalue weighted by Gasteiger charge is 2.35. The Labute approximate surface area is 200 Å². The van der Waals surface area contributed by atoms with E-state index in [2.05, 4.69) is 10.2 Å². The van der Waals surface area contributed by atoms with Crippen molar-refractivity contribution in [3.05, 3.63) is 51.9 Å². The maximum Gasteiger partial charge on any atom is 0.250 e. The summed E-state index contributed by atoms with van der Waals surface area (Å²) in [4.78, 5) is 38.8. The number of nitrogens with zero attached hydrogens (tertiary/aromatic N) is 2. The number of anilines is 1. The summed E-state index contributed by atoms with van der Waals surface area (Å²) in [5.74, 6) is 1.26. The number of ketones is 1. The van der Waals surface area contributed by atoms with Gasteiger partial charge >= 0.3 is 0 Å². The number of piperidine rings is 1. The third kappa shape index (κ3) is 4.37. The van der Waals surface area contributed by atoms with Gasteiger partial charge in [0, 0.05) is 49.1 Å². The number of pyridine rings is 1. The van der Waals surface area contributed by atoms with Gasteiger partial charge in [-0.1, -0.05) is 30.0 Å². The molecule has 1 aromatic heterocycles. The van der Waals surface area contributed by atoms with Gasteiger partial charge in [0.1, 0.15) is 4.32 Å². The number of fused-ring (bicyclic) bond motifs is 5. The quantitative estimate of drug-likeness (QED) is 0.522. The molecule has 4 heterocycles. The van der Waals surface area contributed by atoms with Crippen LogP contribution in [0.1, 0.15) is 35.3 Å². The number of likely N-dealkylation sites (tertiary alicyclic amines) is 1. The molecule has 0 aliphatic carbocycles. The number of nitrogens with one attached hydrogen (secondary N) is 1. The molecule has 2 atom stereocenters. The maximum absolute atomic E-state index is 12.6. The standard InChI is InChI=1S/C23H23N3O5S2/c1-13(27)17-6-16(7-19-22(17)31-12-30-19)24-20(28)11-33-23(32)25-8-14-5-15(10-25)18-3-2-4-21(29)26(18)9-14/h2-4,6-7,14-15H,5,8-12H2,1H3,(H,24,28)/t14-,15-/m1/s1. The molecule has 33 heavy (non-hydrogen) atoms. The smallest absolute Gasteiger partial charge is 0.250 e. The number of thiocarbonyl (C=S) groups is 1. The molecule has 5 rings (SSSR count). The van der Waals surface area contributed by atoms with Crippen molar-refractivity contribution in [1.82, 2.24) is 9.47 Å². The first-order valence-electron chi connectivity index (χ1n) is 10.7. The van der Waals surface area contributed by atoms with Crippen molar-refractivity contribution < 1.29 is 19.1 Å². The Balaban J connectivity index is 1.20. The van der Waals surface area contributed by atoms with Crippen LogP contribution in [0.3, 0.4) is 0 Å². The zero-order valence-corrected chi connectivity index (χ0v) is 19.7. The molecule has 0 spiro atoms. The molecule has 172 valence electrons. The van der Waals surface area contributed by atoms with Crippen molar-refractivity contribution in [2.24, 2.45) is 5.92 Å². The lowest BCUT2D eigenvalue weighted by atomic mass is 9.83. The maximum atomic E-state index is 12.6. The molecule has 2 aromatic rings. The van der Waals surface area contributed by atoms with Gasteiger partial charge in [-0.3, -0.25) is 14.4 Å². The summed E-state index contributed by atoms with van der Waals surface area (Å²) in [6.45, 7) is 3.73. The van der Waals surface area contributed by atoms with E-state index in [0.29, 0.717) is 39.5 Å². The number of carbonyl (C=O) groups excluding carboxylic acids is 2. The van der Waals surface area contributed by atoms with Gasteiger partial charge in [-0.15, -0.1) is 0 Å². The molecule has 1 fully saturated rings. The average molecular weight is 486 g/mol. The lowest BCUT2D eigenvalue weighted by Crippen LogP contribution is -2.48. The fourth-order valence-electron chi connectivity index (χ4n) is 4.81. The monoisotopic (exact) mass is 485 g/mol. The third-order valence-corrected chi connectivity index (χ3v) is 7.72. The van der Waals surface area contributed by atoms with Gasteiger partial charge in [0.05, 0.1) is 11.3 Å². The molecule has 8 nitrogen and oxygen atoms in total. The SMILES string of the molecule is CC(=O)c1cc(NC(=O)CSC(=S)N2C[C@H]3C[C@H](C2)c2cccc(=O)n2C3)cc2c1OCO2. The van der Waals surface area contributed by atoms with E-state index in [1.807, 2.05) is 16.7 Å². The largest absolute Gasteiger partial charge is 0.453 e. The summed E-state index contributed by atoms with van der Waals surface area (Å²) in [5.41, 5.74) is 1.98. The minimum atomic E-state index is -0.218. The predicted molar refractivity (Wildman–Crippen MR) is 129 cm³/mol. The number of Topliss-reactive ketones (excluding diaryl/α,β-unsaturated/α-hetero) is 1. The Hall–Kier alpha value is -2.85. The molecule has 0 saturated carbocycles. The van der Waals surface area contributed by atoms with Crippen LogP contribution in [0.25, 0.3) is 0 Å². The van der Waals surface area contributed by atoms with Crippen LogP contribution in [0.2, 0.25) is 0 Å². The van der Waals surface area contributed by atoms with E-state index < -0.39 is 0 Å². The second kappa shape index (κ2) is 8.83. The average Bonchev–Trinajstić information content (AvgIpc) is 3.26. The van der Waals surface area contributed by atoms with Crippen LogP contribution in [-0.2, 0) is 11.3 Å². The highest BCUT2D eigenvalue weighted by molar-refractivity contribution is 8.23. The molecule has 3 aliphatic heterocycles. The first kappa shape index (κ1) is 22.0. The normalized spacial score (nSPS) is 20.2. The van der Waals surface area contributed by atoms with E-state index in [4.69, 9.17) is 21.7 Å². The number of ether oxygens (including phenoxy) is 2. The molecule has 2 bridgehead atoms. The summed E-state index contributed by atoms with van der Waals surface area (Å²) >= 11 is 6.96. The Morgan fingerprint density at radius 3 is 2.88 bits per heavy atom. The van der Waals surface area contributed by atoms with Crippen LogP contribution in [0.5, 0.6) is 11.5 Å². The van der Waals surface area contributed by atoms with E-state index in [9.17, 15) is 14.4 Å². The Morgan fingerprint density at radius 2 is 2.06 bits per heavy atom. The van der Waals surface area contributed by atoms with Crippen molar-refractivity contribution in [2.45, 2.75) is 25.8 Å². The summed E-state index contributed by atoms with van der Waals surface area (Å²) in [5, 5.41) is 2.82. The zero-order chi connectivity index (χ0) is 23.1. The molecule has 10 heteroatoms. The van der Waals surface area contributed by atoms with Crippen molar-refractivity contribution in [3.63, 3.8) is 0 Å². The minimum absolute atomic E-state index is 0.0497. The van der Waals surface area contributed by atoms with Crippen molar-refractivity contribution in [3.8, 4) is 11.5 Å². The summed E-state index contributed by atoms with van der Waals surface area (Å²) in [6, 6.07) is 8.71. The number of thioether (sulfide) groups is 1. The summed E-state index contributed by atoms with van der Waals surface area (Å²) in [6.07, 6.45) is 1.05. The highest BCUT2D eigenvalue weighted by Crippen LogP contribution is 2.39. The molecule has 1 saturated heterocycles. The summed E-state index contributed by atoms with van der Waals surface area (Å²) in [7, 11) is 0. The molecule has 1 N–H and O–H groups in total. The second-order valence-corrected chi connectivity index (χ2v) is 10.1. The zero-order valence-electron chi connectivity index (χ0n) is 18.0. The van der Waals surface area contributed by atoms with Gasteiger partial charge in [0.25, 0.3) is 5.56 Å². The van der Waals surface area contributed by atoms with Crippen molar-refractivity contribution in [2.75, 3.05) is 31.0 Å². The Kier molecular flexibility index (Phi) is 5.88. The first-order valence-corrected chi connectivity index (χ1v) is 12.1. The van der Waals surface area contributed by atoms with E-state index >= 15 is 0 Å². The molecule has 3 aliphatic rings. The number of hydrogen-bond donors (Lipinski definition) is 1. The number of hydrogen-bond acceptors (Lipinski definition) is 7. The molecular formula is C23H23N3O5S2. The molecular weight excluding hydrogens is 462 g/mol. The Morgan fingerprint density at radius 1 is 1.21 bits per heavy atom. The van der Waals surface area contributed by atoms with Gasteiger partial charge < -0.3 is 24.3 Å². The van der Waals surface area contributed by atoms with Gasteiger partial charge in [-0.25, -0.2) is 0 Å². The number of amides is 1. The lowest BCUT2D eigenvalue weighted by molar-refractivity contribution is -0.113. The number of benzene rings is 1. The van der Waals surface area contributed by atoms with Gasteiger partial charge in [0.15, 0.2) is 17.3 Å². The molecule has 1 aromatic carbocycles. The first-order chi connectivity index (χ1) is 15.9. The topological polar surface area (TPSA) is 89.9 Å². The Bertz CT molecular complexity index is 1210. The second-order valence-electron chi connectivity index (χ2n) is 8.52. The van der Waals surface area contributed by atoms with Crippen LogP contribution < -0.4 is 20.3 Å².